The third-order valence-electron chi connectivity index (χ3n) is 7.47. The van der Waals surface area contributed by atoms with Gasteiger partial charge in [0.15, 0.2) is 0 Å². The van der Waals surface area contributed by atoms with Gasteiger partial charge < -0.3 is 19.9 Å². The highest BCUT2D eigenvalue weighted by molar-refractivity contribution is 5.72. The number of aliphatic carboxylic acids is 1. The number of hydrogen-bond donors (Lipinski definition) is 2. The Labute approximate surface area is 246 Å². The van der Waals surface area contributed by atoms with Crippen molar-refractivity contribution < 1.29 is 23.1 Å². The summed E-state index contributed by atoms with van der Waals surface area (Å²) in [4.78, 5) is 26.8. The Morgan fingerprint density at radius 3 is 2.26 bits per heavy atom. The van der Waals surface area contributed by atoms with Crippen LogP contribution in [0.1, 0.15) is 66.6 Å². The molecule has 0 radical (unpaired) electrons. The number of nitrogens with zero attached hydrogens (tertiary/aromatic N) is 2. The van der Waals surface area contributed by atoms with Crippen molar-refractivity contribution in [3.8, 4) is 11.1 Å². The zero-order valence-electron chi connectivity index (χ0n) is 25.3. The van der Waals surface area contributed by atoms with Crippen molar-refractivity contribution in [2.45, 2.75) is 65.2 Å². The topological polar surface area (TPSA) is 74.6 Å². The highest BCUT2D eigenvalue weighted by Crippen LogP contribution is 2.33. The summed E-state index contributed by atoms with van der Waals surface area (Å²) in [6.07, 6.45) is -2.83. The summed E-state index contributed by atoms with van der Waals surface area (Å²) in [6.45, 7) is 8.64. The zero-order chi connectivity index (χ0) is 31.2. The number of carboxylic acid groups (broad SMARTS) is 1. The Balaban J connectivity index is 1.99. The van der Waals surface area contributed by atoms with Crippen molar-refractivity contribution in [2.75, 3.05) is 27.2 Å². The number of carbonyl (C=O) groups is 1. The third-order valence-corrected chi connectivity index (χ3v) is 7.47. The maximum Gasteiger partial charge on any atom is 0.416 e. The molecule has 0 bridgehead atoms. The normalized spacial score (nSPS) is 13.5. The van der Waals surface area contributed by atoms with E-state index < -0.39 is 35.4 Å². The summed E-state index contributed by atoms with van der Waals surface area (Å²) in [5.74, 6) is -0.843. The molecule has 6 nitrogen and oxygen atoms in total. The van der Waals surface area contributed by atoms with Gasteiger partial charge in [0.05, 0.1) is 12.0 Å². The molecule has 2 aromatic carbocycles. The Bertz CT molecular complexity index is 1410. The molecular formula is C33H42F3N3O3. The monoisotopic (exact) mass is 585 g/mol. The van der Waals surface area contributed by atoms with Crippen LogP contribution in [0.25, 0.3) is 11.1 Å². The van der Waals surface area contributed by atoms with Gasteiger partial charge in [-0.3, -0.25) is 9.59 Å². The smallest absolute Gasteiger partial charge is 0.416 e. The Kier molecular flexibility index (Phi) is 11.2. The molecule has 42 heavy (non-hydrogen) atoms. The van der Waals surface area contributed by atoms with E-state index in [0.717, 1.165) is 27.8 Å². The van der Waals surface area contributed by atoms with Crippen LogP contribution < -0.4 is 10.9 Å². The number of rotatable bonds is 13. The number of benzene rings is 2. The minimum Gasteiger partial charge on any atom is -0.481 e. The van der Waals surface area contributed by atoms with E-state index in [1.807, 2.05) is 70.2 Å². The van der Waals surface area contributed by atoms with E-state index in [1.54, 1.807) is 19.0 Å². The molecule has 2 atom stereocenters. The van der Waals surface area contributed by atoms with E-state index in [1.165, 1.54) is 10.8 Å². The molecule has 3 aromatic rings. The largest absolute Gasteiger partial charge is 0.481 e. The number of pyridine rings is 1. The van der Waals surface area contributed by atoms with Crippen molar-refractivity contribution in [1.29, 1.82) is 0 Å². The van der Waals surface area contributed by atoms with E-state index in [-0.39, 0.29) is 30.9 Å². The van der Waals surface area contributed by atoms with Crippen LogP contribution in [0.15, 0.2) is 59.5 Å². The van der Waals surface area contributed by atoms with Crippen molar-refractivity contribution in [3.05, 3.63) is 92.9 Å². The van der Waals surface area contributed by atoms with Crippen LogP contribution in [0, 0.1) is 19.8 Å². The Morgan fingerprint density at radius 2 is 1.69 bits per heavy atom. The minimum atomic E-state index is -4.64. The number of likely N-dealkylation sites (N-methyl/N-ethyl adjacent to an activating group) is 1. The molecule has 228 valence electrons. The molecule has 0 aliphatic rings. The second kappa shape index (κ2) is 14.2. The Morgan fingerprint density at radius 1 is 1.05 bits per heavy atom. The van der Waals surface area contributed by atoms with Crippen molar-refractivity contribution >= 4 is 5.97 Å². The third kappa shape index (κ3) is 8.79. The first-order valence-corrected chi connectivity index (χ1v) is 14.3. The van der Waals surface area contributed by atoms with E-state index >= 15 is 0 Å². The number of hydrogen-bond acceptors (Lipinski definition) is 4. The molecule has 0 spiro atoms. The van der Waals surface area contributed by atoms with Crippen LogP contribution in [0.5, 0.6) is 0 Å². The summed E-state index contributed by atoms with van der Waals surface area (Å²) < 4.78 is 42.9. The SMILES string of the molecule is Cc1cccc(C)c1-c1cccc([C@H](CC(=O)O)NCC(CC(C)C)n2cc(CCN(C)C)c(C(F)(F)F)cc2=O)c1. The lowest BCUT2D eigenvalue weighted by Gasteiger charge is -2.27. The van der Waals surface area contributed by atoms with Crippen molar-refractivity contribution in [2.24, 2.45) is 5.92 Å². The van der Waals surface area contributed by atoms with Crippen LogP contribution in [-0.2, 0) is 17.4 Å². The summed E-state index contributed by atoms with van der Waals surface area (Å²) in [5.41, 5.74) is 3.50. The van der Waals surface area contributed by atoms with Crippen LogP contribution in [-0.4, -0.2) is 47.7 Å². The molecule has 0 fully saturated rings. The highest BCUT2D eigenvalue weighted by Gasteiger charge is 2.35. The van der Waals surface area contributed by atoms with Gasteiger partial charge in [0, 0.05) is 37.4 Å². The first-order valence-electron chi connectivity index (χ1n) is 14.3. The van der Waals surface area contributed by atoms with Gasteiger partial charge in [-0.15, -0.1) is 0 Å². The lowest BCUT2D eigenvalue weighted by atomic mass is 9.92. The summed E-state index contributed by atoms with van der Waals surface area (Å²) >= 11 is 0. The predicted octanol–water partition coefficient (Wildman–Crippen LogP) is 6.65. The number of aromatic nitrogens is 1. The molecular weight excluding hydrogens is 543 g/mol. The van der Waals surface area contributed by atoms with Gasteiger partial charge in [-0.05, 0) is 86.1 Å². The van der Waals surface area contributed by atoms with Gasteiger partial charge in [0.2, 0.25) is 0 Å². The second-order valence-corrected chi connectivity index (χ2v) is 11.7. The van der Waals surface area contributed by atoms with Crippen LogP contribution >= 0.6 is 0 Å². The molecule has 1 heterocycles. The molecule has 3 rings (SSSR count). The average Bonchev–Trinajstić information content (AvgIpc) is 2.88. The quantitative estimate of drug-likeness (QED) is 0.235. The van der Waals surface area contributed by atoms with Gasteiger partial charge in [-0.1, -0.05) is 50.2 Å². The standard InChI is InChI=1S/C33H42F3N3O3/c1-21(2)15-27(39-20-26(13-14-38(5)6)28(17-30(39)40)33(34,35)36)19-37-29(18-31(41)42)24-11-8-12-25(16-24)32-22(3)9-7-10-23(32)4/h7-12,16-17,20-21,27,29,37H,13-15,18-19H2,1-6H3,(H,41,42)/t27?,29-/m0/s1. The molecule has 0 amide bonds. The summed E-state index contributed by atoms with van der Waals surface area (Å²) in [6, 6.07) is 13.5. The lowest BCUT2D eigenvalue weighted by Crippen LogP contribution is -2.36. The van der Waals surface area contributed by atoms with Gasteiger partial charge in [0.25, 0.3) is 5.56 Å². The predicted molar refractivity (Wildman–Crippen MR) is 161 cm³/mol. The second-order valence-electron chi connectivity index (χ2n) is 11.7. The number of alkyl halides is 3. The van der Waals surface area contributed by atoms with Gasteiger partial charge >= 0.3 is 12.1 Å². The average molecular weight is 586 g/mol. The van der Waals surface area contributed by atoms with E-state index in [0.29, 0.717) is 19.0 Å². The molecule has 1 unspecified atom stereocenters. The highest BCUT2D eigenvalue weighted by atomic mass is 19.4. The molecule has 9 heteroatoms. The first kappa shape index (κ1) is 33.1. The lowest BCUT2D eigenvalue weighted by molar-refractivity contribution is -0.139. The number of carboxylic acids is 1. The molecule has 1 aromatic heterocycles. The minimum absolute atomic E-state index is 0.0629. The van der Waals surface area contributed by atoms with E-state index in [9.17, 15) is 27.9 Å². The Hall–Kier alpha value is -3.43. The zero-order valence-corrected chi connectivity index (χ0v) is 25.3. The van der Waals surface area contributed by atoms with Gasteiger partial charge in [-0.2, -0.15) is 13.2 Å². The van der Waals surface area contributed by atoms with Gasteiger partial charge in [0.1, 0.15) is 0 Å². The molecule has 0 saturated heterocycles. The fourth-order valence-corrected chi connectivity index (χ4v) is 5.47. The van der Waals surface area contributed by atoms with Crippen LogP contribution in [0.3, 0.4) is 0 Å². The molecule has 2 N–H and O–H groups in total. The fourth-order valence-electron chi connectivity index (χ4n) is 5.47. The maximum atomic E-state index is 13.8. The molecule has 0 saturated carbocycles. The maximum absolute atomic E-state index is 13.8. The van der Waals surface area contributed by atoms with Crippen molar-refractivity contribution in [3.63, 3.8) is 0 Å². The van der Waals surface area contributed by atoms with Crippen molar-refractivity contribution in [1.82, 2.24) is 14.8 Å². The molecule has 0 aliphatic carbocycles. The van der Waals surface area contributed by atoms with Crippen LogP contribution in [0.2, 0.25) is 0 Å². The number of halogens is 3. The summed E-state index contributed by atoms with van der Waals surface area (Å²) in [7, 11) is 3.57. The fraction of sp³-hybridized carbons (Fsp3) is 0.455. The van der Waals surface area contributed by atoms with E-state index in [2.05, 4.69) is 5.32 Å². The summed E-state index contributed by atoms with van der Waals surface area (Å²) in [5, 5.41) is 13.1. The number of aryl methyl sites for hydroxylation is 2. The first-order chi connectivity index (χ1) is 19.7. The van der Waals surface area contributed by atoms with Crippen LogP contribution in [0.4, 0.5) is 13.2 Å². The number of nitrogens with one attached hydrogen (secondary N) is 1. The van der Waals surface area contributed by atoms with E-state index in [4.69, 9.17) is 0 Å². The van der Waals surface area contributed by atoms with Gasteiger partial charge in [-0.25, -0.2) is 0 Å². The molecule has 0 aliphatic heterocycles.